The second-order valence-electron chi connectivity index (χ2n) is 5.08. The van der Waals surface area contributed by atoms with Crippen molar-refractivity contribution in [2.45, 2.75) is 18.7 Å². The molecule has 2 heterocycles. The van der Waals surface area contributed by atoms with Crippen LogP contribution >= 0.6 is 0 Å². The van der Waals surface area contributed by atoms with Gasteiger partial charge in [0, 0.05) is 18.5 Å². The monoisotopic (exact) mass is 329 g/mol. The molecule has 1 N–H and O–H groups in total. The van der Waals surface area contributed by atoms with Crippen LogP contribution in [0.25, 0.3) is 5.82 Å². The molecule has 8 heteroatoms. The minimum absolute atomic E-state index is 0.196. The number of benzene rings is 1. The largest absolute Gasteiger partial charge is 0.290 e. The number of aromatic nitrogens is 4. The molecule has 3 rings (SSSR count). The third-order valence-electron chi connectivity index (χ3n) is 3.45. The fraction of sp³-hybridized carbons (Fsp3) is 0.133. The van der Waals surface area contributed by atoms with Gasteiger partial charge in [-0.15, -0.1) is 0 Å². The number of aryl methyl sites for hydroxylation is 2. The number of anilines is 1. The second kappa shape index (κ2) is 5.81. The lowest BCUT2D eigenvalue weighted by atomic mass is 10.1. The number of nitrogens with zero attached hydrogens (tertiary/aromatic N) is 4. The Morgan fingerprint density at radius 1 is 1.09 bits per heavy atom. The van der Waals surface area contributed by atoms with E-state index in [2.05, 4.69) is 19.7 Å². The Morgan fingerprint density at radius 2 is 1.91 bits per heavy atom. The maximum absolute atomic E-state index is 12.5. The molecule has 0 fully saturated rings. The number of rotatable bonds is 4. The zero-order valence-corrected chi connectivity index (χ0v) is 13.4. The zero-order valence-electron chi connectivity index (χ0n) is 12.6. The van der Waals surface area contributed by atoms with Gasteiger partial charge in [-0.25, -0.2) is 23.4 Å². The summed E-state index contributed by atoms with van der Waals surface area (Å²) in [5, 5.41) is 0. The van der Waals surface area contributed by atoms with E-state index in [-0.39, 0.29) is 10.7 Å². The van der Waals surface area contributed by atoms with Crippen LogP contribution in [-0.2, 0) is 10.0 Å². The van der Waals surface area contributed by atoms with E-state index in [9.17, 15) is 8.42 Å². The lowest BCUT2D eigenvalue weighted by Crippen LogP contribution is -2.14. The normalized spacial score (nSPS) is 11.4. The molecule has 0 bridgehead atoms. The number of imidazole rings is 1. The zero-order chi connectivity index (χ0) is 16.4. The summed E-state index contributed by atoms with van der Waals surface area (Å²) in [7, 11) is -3.70. The van der Waals surface area contributed by atoms with E-state index in [1.807, 2.05) is 13.8 Å². The van der Waals surface area contributed by atoms with Crippen molar-refractivity contribution in [3.05, 3.63) is 60.4 Å². The molecular formula is C15H15N5O2S. The summed E-state index contributed by atoms with van der Waals surface area (Å²) < 4.78 is 29.1. The Kier molecular flexibility index (Phi) is 3.83. The average molecular weight is 329 g/mol. The second-order valence-corrected chi connectivity index (χ2v) is 6.77. The number of hydrogen-bond donors (Lipinski definition) is 1. The van der Waals surface area contributed by atoms with Crippen LogP contribution in [0.2, 0.25) is 0 Å². The standard InChI is InChI=1S/C15H15N5O2S/c1-11-3-4-13(7-12(11)2)23(21,22)19-14-8-15(18-9-17-14)20-6-5-16-10-20/h3-10H,1-2H3,(H,17,18,19). The predicted octanol–water partition coefficient (Wildman–Crippen LogP) is 2.08. The van der Waals surface area contributed by atoms with Crippen molar-refractivity contribution in [3.8, 4) is 5.82 Å². The molecule has 118 valence electrons. The smallest absolute Gasteiger partial charge is 0.263 e. The quantitative estimate of drug-likeness (QED) is 0.791. The Balaban J connectivity index is 1.91. The van der Waals surface area contributed by atoms with Gasteiger partial charge < -0.3 is 0 Å². The molecule has 0 aliphatic rings. The maximum atomic E-state index is 12.5. The molecule has 1 aromatic carbocycles. The SMILES string of the molecule is Cc1ccc(S(=O)(=O)Nc2cc(-n3ccnc3)ncn2)cc1C. The van der Waals surface area contributed by atoms with Crippen LogP contribution < -0.4 is 4.72 Å². The van der Waals surface area contributed by atoms with Gasteiger partial charge in [0.1, 0.15) is 24.3 Å². The van der Waals surface area contributed by atoms with Gasteiger partial charge in [0.25, 0.3) is 10.0 Å². The highest BCUT2D eigenvalue weighted by Crippen LogP contribution is 2.18. The highest BCUT2D eigenvalue weighted by atomic mass is 32.2. The maximum Gasteiger partial charge on any atom is 0.263 e. The summed E-state index contributed by atoms with van der Waals surface area (Å²) >= 11 is 0. The summed E-state index contributed by atoms with van der Waals surface area (Å²) in [6.07, 6.45) is 6.20. The minimum Gasteiger partial charge on any atom is -0.290 e. The summed E-state index contributed by atoms with van der Waals surface area (Å²) in [5.74, 6) is 0.720. The topological polar surface area (TPSA) is 89.8 Å². The summed E-state index contributed by atoms with van der Waals surface area (Å²) in [5.41, 5.74) is 1.95. The van der Waals surface area contributed by atoms with Gasteiger partial charge in [0.05, 0.1) is 4.90 Å². The molecule has 0 unspecified atom stereocenters. The number of nitrogens with one attached hydrogen (secondary N) is 1. The van der Waals surface area contributed by atoms with E-state index in [1.54, 1.807) is 47.6 Å². The van der Waals surface area contributed by atoms with Crippen molar-refractivity contribution in [2.24, 2.45) is 0 Å². The molecule has 0 aliphatic carbocycles. The van der Waals surface area contributed by atoms with Crippen LogP contribution in [0.5, 0.6) is 0 Å². The van der Waals surface area contributed by atoms with E-state index in [0.29, 0.717) is 5.82 Å². The Labute approximate surface area is 134 Å². The van der Waals surface area contributed by atoms with Gasteiger partial charge in [-0.1, -0.05) is 6.07 Å². The molecule has 0 saturated carbocycles. The average Bonchev–Trinajstić information content (AvgIpc) is 3.04. The van der Waals surface area contributed by atoms with Gasteiger partial charge in [-0.2, -0.15) is 0 Å². The molecular weight excluding hydrogens is 314 g/mol. The van der Waals surface area contributed by atoms with Crippen LogP contribution in [-0.4, -0.2) is 27.9 Å². The molecule has 2 aromatic heterocycles. The van der Waals surface area contributed by atoms with Crippen molar-refractivity contribution in [3.63, 3.8) is 0 Å². The first-order chi connectivity index (χ1) is 11.0. The lowest BCUT2D eigenvalue weighted by Gasteiger charge is -2.10. The molecule has 0 atom stereocenters. The third kappa shape index (κ3) is 3.21. The van der Waals surface area contributed by atoms with Crippen LogP contribution in [0.4, 0.5) is 5.82 Å². The highest BCUT2D eigenvalue weighted by molar-refractivity contribution is 7.92. The molecule has 0 saturated heterocycles. The van der Waals surface area contributed by atoms with Crippen molar-refractivity contribution in [2.75, 3.05) is 4.72 Å². The van der Waals surface area contributed by atoms with Crippen molar-refractivity contribution in [1.29, 1.82) is 0 Å². The summed E-state index contributed by atoms with van der Waals surface area (Å²) in [6, 6.07) is 6.53. The van der Waals surface area contributed by atoms with Crippen LogP contribution in [0.15, 0.2) is 54.2 Å². The fourth-order valence-electron chi connectivity index (χ4n) is 2.02. The van der Waals surface area contributed by atoms with Crippen LogP contribution in [0, 0.1) is 13.8 Å². The summed E-state index contributed by atoms with van der Waals surface area (Å²) in [6.45, 7) is 3.80. The Bertz CT molecular complexity index is 936. The summed E-state index contributed by atoms with van der Waals surface area (Å²) in [4.78, 5) is 12.2. The van der Waals surface area contributed by atoms with Crippen LogP contribution in [0.3, 0.4) is 0 Å². The van der Waals surface area contributed by atoms with E-state index >= 15 is 0 Å². The molecule has 0 aliphatic heterocycles. The van der Waals surface area contributed by atoms with Gasteiger partial charge in [-0.05, 0) is 37.1 Å². The first-order valence-electron chi connectivity index (χ1n) is 6.86. The first kappa shape index (κ1) is 15.2. The van der Waals surface area contributed by atoms with Crippen molar-refractivity contribution >= 4 is 15.8 Å². The first-order valence-corrected chi connectivity index (χ1v) is 8.34. The van der Waals surface area contributed by atoms with Crippen molar-refractivity contribution in [1.82, 2.24) is 19.5 Å². The van der Waals surface area contributed by atoms with E-state index < -0.39 is 10.0 Å². The molecule has 23 heavy (non-hydrogen) atoms. The van der Waals surface area contributed by atoms with E-state index in [1.165, 1.54) is 6.33 Å². The predicted molar refractivity (Wildman–Crippen MR) is 85.9 cm³/mol. The van der Waals surface area contributed by atoms with E-state index in [0.717, 1.165) is 11.1 Å². The molecule has 0 spiro atoms. The Hall–Kier alpha value is -2.74. The van der Waals surface area contributed by atoms with Crippen LogP contribution in [0.1, 0.15) is 11.1 Å². The van der Waals surface area contributed by atoms with Gasteiger partial charge in [0.2, 0.25) is 0 Å². The third-order valence-corrected chi connectivity index (χ3v) is 4.80. The molecule has 0 radical (unpaired) electrons. The molecule has 3 aromatic rings. The lowest BCUT2D eigenvalue weighted by molar-refractivity contribution is 0.601. The fourth-order valence-corrected chi connectivity index (χ4v) is 3.10. The highest BCUT2D eigenvalue weighted by Gasteiger charge is 2.16. The Morgan fingerprint density at radius 3 is 2.61 bits per heavy atom. The van der Waals surface area contributed by atoms with E-state index in [4.69, 9.17) is 0 Å². The van der Waals surface area contributed by atoms with Gasteiger partial charge in [-0.3, -0.25) is 9.29 Å². The minimum atomic E-state index is -3.70. The van der Waals surface area contributed by atoms with Gasteiger partial charge >= 0.3 is 0 Å². The molecule has 0 amide bonds. The van der Waals surface area contributed by atoms with Crippen molar-refractivity contribution < 1.29 is 8.42 Å². The number of sulfonamides is 1. The number of hydrogen-bond acceptors (Lipinski definition) is 5. The molecule has 7 nitrogen and oxygen atoms in total. The van der Waals surface area contributed by atoms with Gasteiger partial charge in [0.15, 0.2) is 0 Å².